The van der Waals surface area contributed by atoms with Crippen molar-refractivity contribution < 1.29 is 4.39 Å². The Hall–Kier alpha value is -1.01. The van der Waals surface area contributed by atoms with E-state index in [1.54, 1.807) is 23.8 Å². The van der Waals surface area contributed by atoms with E-state index in [2.05, 4.69) is 10.4 Å². The second kappa shape index (κ2) is 5.55. The van der Waals surface area contributed by atoms with Gasteiger partial charge in [0.15, 0.2) is 0 Å². The maximum atomic E-state index is 13.7. The van der Waals surface area contributed by atoms with Gasteiger partial charge in [-0.15, -0.1) is 11.3 Å². The third-order valence-electron chi connectivity index (χ3n) is 2.43. The van der Waals surface area contributed by atoms with Crippen LogP contribution in [0.4, 0.5) is 4.39 Å². The quantitative estimate of drug-likeness (QED) is 0.664. The minimum Gasteiger partial charge on any atom is -0.271 e. The van der Waals surface area contributed by atoms with Gasteiger partial charge in [0.2, 0.25) is 0 Å². The van der Waals surface area contributed by atoms with Gasteiger partial charge in [0.05, 0.1) is 11.6 Å². The number of nitrogens with zero attached hydrogens (tertiary/aromatic N) is 1. The van der Waals surface area contributed by atoms with Gasteiger partial charge in [-0.3, -0.25) is 16.3 Å². The Morgan fingerprint density at radius 1 is 1.53 bits per heavy atom. The number of hydrogen-bond donors (Lipinski definition) is 2. The van der Waals surface area contributed by atoms with Crippen molar-refractivity contribution in [3.8, 4) is 0 Å². The van der Waals surface area contributed by atoms with Crippen LogP contribution in [0.2, 0.25) is 5.02 Å². The second-order valence-electron chi connectivity index (χ2n) is 3.56. The van der Waals surface area contributed by atoms with Gasteiger partial charge in [-0.05, 0) is 12.1 Å². The monoisotopic (exact) mass is 271 g/mol. The molecule has 90 valence electrons. The van der Waals surface area contributed by atoms with Gasteiger partial charge in [-0.25, -0.2) is 4.39 Å². The van der Waals surface area contributed by atoms with E-state index in [0.29, 0.717) is 17.0 Å². The highest BCUT2D eigenvalue weighted by atomic mass is 35.5. The molecule has 0 bridgehead atoms. The van der Waals surface area contributed by atoms with Gasteiger partial charge in [-0.2, -0.15) is 0 Å². The molecule has 3 nitrogen and oxygen atoms in total. The number of benzene rings is 1. The Bertz CT molecular complexity index is 489. The third-order valence-corrected chi connectivity index (χ3v) is 3.46. The fraction of sp³-hybridized carbons (Fsp3) is 0.182. The lowest BCUT2D eigenvalue weighted by molar-refractivity contribution is 0.513. The average molecular weight is 272 g/mol. The zero-order chi connectivity index (χ0) is 12.3. The number of halogens is 2. The van der Waals surface area contributed by atoms with E-state index >= 15 is 0 Å². The summed E-state index contributed by atoms with van der Waals surface area (Å²) in [7, 11) is 0. The number of nitrogens with two attached hydrogens (primary N) is 1. The van der Waals surface area contributed by atoms with Gasteiger partial charge < -0.3 is 0 Å². The molecule has 2 aromatic rings. The van der Waals surface area contributed by atoms with Crippen molar-refractivity contribution in [2.24, 2.45) is 5.84 Å². The summed E-state index contributed by atoms with van der Waals surface area (Å²) in [5.74, 6) is 5.11. The summed E-state index contributed by atoms with van der Waals surface area (Å²) in [5.41, 5.74) is 4.85. The summed E-state index contributed by atoms with van der Waals surface area (Å²) >= 11 is 7.22. The van der Waals surface area contributed by atoms with Crippen LogP contribution in [0.1, 0.15) is 16.5 Å². The van der Waals surface area contributed by atoms with Gasteiger partial charge >= 0.3 is 0 Å². The summed E-state index contributed by atoms with van der Waals surface area (Å²) in [6.45, 7) is 0. The summed E-state index contributed by atoms with van der Waals surface area (Å²) in [4.78, 5) is 5.02. The molecule has 1 aromatic carbocycles. The standard InChI is InChI=1S/C11H11ClFN3S/c12-7-1-2-9(10(13)3-7)11(16-14)4-8-5-15-6-17-8/h1-3,5-6,11,16H,4,14H2. The number of thiazole rings is 1. The van der Waals surface area contributed by atoms with Crippen molar-refractivity contribution >= 4 is 22.9 Å². The van der Waals surface area contributed by atoms with Crippen molar-refractivity contribution in [2.45, 2.75) is 12.5 Å². The summed E-state index contributed by atoms with van der Waals surface area (Å²) in [6.07, 6.45) is 2.35. The highest BCUT2D eigenvalue weighted by Crippen LogP contribution is 2.24. The summed E-state index contributed by atoms with van der Waals surface area (Å²) in [5, 5.41) is 0.375. The molecule has 0 spiro atoms. The number of rotatable bonds is 4. The maximum absolute atomic E-state index is 13.7. The lowest BCUT2D eigenvalue weighted by Gasteiger charge is -2.16. The van der Waals surface area contributed by atoms with Gasteiger partial charge in [0, 0.05) is 28.1 Å². The normalized spacial score (nSPS) is 12.6. The molecule has 17 heavy (non-hydrogen) atoms. The molecule has 1 unspecified atom stereocenters. The molecule has 3 N–H and O–H groups in total. The minimum absolute atomic E-state index is 0.285. The van der Waals surface area contributed by atoms with E-state index in [1.165, 1.54) is 17.4 Å². The van der Waals surface area contributed by atoms with E-state index in [-0.39, 0.29) is 11.9 Å². The maximum Gasteiger partial charge on any atom is 0.129 e. The van der Waals surface area contributed by atoms with Crippen LogP contribution in [0.5, 0.6) is 0 Å². The first-order chi connectivity index (χ1) is 8.20. The topological polar surface area (TPSA) is 50.9 Å². The molecule has 0 aliphatic heterocycles. The van der Waals surface area contributed by atoms with Gasteiger partial charge in [-0.1, -0.05) is 17.7 Å². The Balaban J connectivity index is 2.23. The van der Waals surface area contributed by atoms with E-state index in [0.717, 1.165) is 4.88 Å². The van der Waals surface area contributed by atoms with Gasteiger partial charge in [0.1, 0.15) is 5.82 Å². The van der Waals surface area contributed by atoms with Crippen molar-refractivity contribution in [3.63, 3.8) is 0 Å². The fourth-order valence-electron chi connectivity index (χ4n) is 1.59. The molecular weight excluding hydrogens is 261 g/mol. The van der Waals surface area contributed by atoms with E-state index in [9.17, 15) is 4.39 Å². The zero-order valence-corrected chi connectivity index (χ0v) is 10.4. The molecule has 0 radical (unpaired) electrons. The smallest absolute Gasteiger partial charge is 0.129 e. The molecule has 1 heterocycles. The summed E-state index contributed by atoms with van der Waals surface area (Å²) < 4.78 is 13.7. The van der Waals surface area contributed by atoms with E-state index < -0.39 is 0 Å². The minimum atomic E-state index is -0.357. The van der Waals surface area contributed by atoms with Crippen LogP contribution in [0.15, 0.2) is 29.9 Å². The van der Waals surface area contributed by atoms with Crippen LogP contribution in [0.25, 0.3) is 0 Å². The Morgan fingerprint density at radius 3 is 2.94 bits per heavy atom. The van der Waals surface area contributed by atoms with Crippen LogP contribution < -0.4 is 11.3 Å². The first kappa shape index (κ1) is 12.4. The Labute approximate surface area is 107 Å². The largest absolute Gasteiger partial charge is 0.271 e. The van der Waals surface area contributed by atoms with Gasteiger partial charge in [0.25, 0.3) is 0 Å². The average Bonchev–Trinajstić information content (AvgIpc) is 2.79. The molecular formula is C11H11ClFN3S. The zero-order valence-electron chi connectivity index (χ0n) is 8.86. The highest BCUT2D eigenvalue weighted by Gasteiger charge is 2.15. The van der Waals surface area contributed by atoms with Crippen LogP contribution in [-0.2, 0) is 6.42 Å². The first-order valence-electron chi connectivity index (χ1n) is 4.99. The molecule has 2 rings (SSSR count). The molecule has 0 amide bonds. The lowest BCUT2D eigenvalue weighted by Crippen LogP contribution is -2.30. The van der Waals surface area contributed by atoms with Crippen LogP contribution in [0.3, 0.4) is 0 Å². The number of nitrogens with one attached hydrogen (secondary N) is 1. The number of hydrazine groups is 1. The molecule has 0 fully saturated rings. The lowest BCUT2D eigenvalue weighted by atomic mass is 10.0. The molecule has 0 saturated heterocycles. The number of aromatic nitrogens is 1. The highest BCUT2D eigenvalue weighted by molar-refractivity contribution is 7.09. The number of hydrogen-bond acceptors (Lipinski definition) is 4. The Morgan fingerprint density at radius 2 is 2.35 bits per heavy atom. The fourth-order valence-corrected chi connectivity index (χ4v) is 2.39. The molecule has 0 saturated carbocycles. The predicted molar refractivity (Wildman–Crippen MR) is 67.3 cm³/mol. The molecule has 1 atom stereocenters. The van der Waals surface area contributed by atoms with Crippen molar-refractivity contribution in [1.29, 1.82) is 0 Å². The molecule has 1 aromatic heterocycles. The van der Waals surface area contributed by atoms with E-state index in [1.807, 2.05) is 0 Å². The van der Waals surface area contributed by atoms with Crippen molar-refractivity contribution in [1.82, 2.24) is 10.4 Å². The Kier molecular flexibility index (Phi) is 4.06. The summed E-state index contributed by atoms with van der Waals surface area (Å²) in [6, 6.07) is 4.29. The van der Waals surface area contributed by atoms with Crippen LogP contribution >= 0.6 is 22.9 Å². The SMILES string of the molecule is NNC(Cc1cncs1)c1ccc(Cl)cc1F. The molecule has 0 aliphatic carbocycles. The van der Waals surface area contributed by atoms with Crippen LogP contribution in [0, 0.1) is 5.82 Å². The first-order valence-corrected chi connectivity index (χ1v) is 6.25. The molecule has 0 aliphatic rings. The molecule has 6 heteroatoms. The predicted octanol–water partition coefficient (Wildman–Crippen LogP) is 2.68. The second-order valence-corrected chi connectivity index (χ2v) is 4.96. The third kappa shape index (κ3) is 3.01. The van der Waals surface area contributed by atoms with Crippen LogP contribution in [-0.4, -0.2) is 4.98 Å². The van der Waals surface area contributed by atoms with E-state index in [4.69, 9.17) is 17.4 Å². The van der Waals surface area contributed by atoms with Crippen molar-refractivity contribution in [3.05, 3.63) is 51.2 Å². The van der Waals surface area contributed by atoms with Crippen molar-refractivity contribution in [2.75, 3.05) is 0 Å².